The molecule has 4 aliphatic carbocycles. The third kappa shape index (κ3) is 3.26. The van der Waals surface area contributed by atoms with E-state index in [1.807, 2.05) is 0 Å². The maximum atomic E-state index is 13.7. The fourth-order valence-corrected chi connectivity index (χ4v) is 8.51. The number of esters is 1. The predicted molar refractivity (Wildman–Crippen MR) is 113 cm³/mol. The Kier molecular flexibility index (Phi) is 5.85. The zero-order valence-electron chi connectivity index (χ0n) is 19.1. The summed E-state index contributed by atoms with van der Waals surface area (Å²) in [6.07, 6.45) is 6.39. The first-order valence-corrected chi connectivity index (χ1v) is 12.1. The highest BCUT2D eigenvalue weighted by Gasteiger charge is 2.65. The molecule has 2 N–H and O–H groups in total. The van der Waals surface area contributed by atoms with Crippen molar-refractivity contribution in [2.45, 2.75) is 90.8 Å². The van der Waals surface area contributed by atoms with Gasteiger partial charge in [-0.1, -0.05) is 20.8 Å². The Labute approximate surface area is 180 Å². The second-order valence-corrected chi connectivity index (χ2v) is 11.4. The van der Waals surface area contributed by atoms with Crippen molar-refractivity contribution in [3.8, 4) is 0 Å². The molecule has 4 rings (SSSR count). The fraction of sp³-hybridized carbons (Fsp3) is 0.920. The summed E-state index contributed by atoms with van der Waals surface area (Å²) >= 11 is 0. The summed E-state index contributed by atoms with van der Waals surface area (Å²) in [5.41, 5.74) is -0.343. The van der Waals surface area contributed by atoms with Crippen LogP contribution in [0.5, 0.6) is 0 Å². The number of hydrogen-bond acceptors (Lipinski definition) is 5. The fourth-order valence-electron chi connectivity index (χ4n) is 8.51. The average molecular weight is 421 g/mol. The van der Waals surface area contributed by atoms with Crippen molar-refractivity contribution >= 4 is 11.8 Å². The molecule has 0 aromatic rings. The molecule has 30 heavy (non-hydrogen) atoms. The number of methoxy groups -OCH3 is 1. The van der Waals surface area contributed by atoms with E-state index in [-0.39, 0.29) is 53.2 Å². The van der Waals surface area contributed by atoms with Crippen LogP contribution in [0.3, 0.4) is 0 Å². The second-order valence-electron chi connectivity index (χ2n) is 11.4. The van der Waals surface area contributed by atoms with Crippen LogP contribution in [-0.4, -0.2) is 41.3 Å². The van der Waals surface area contributed by atoms with Gasteiger partial charge in [-0.05, 0) is 85.9 Å². The zero-order chi connectivity index (χ0) is 21.8. The highest BCUT2D eigenvalue weighted by molar-refractivity contribution is 5.87. The lowest BCUT2D eigenvalue weighted by Crippen LogP contribution is -2.61. The summed E-state index contributed by atoms with van der Waals surface area (Å²) in [4.78, 5) is 25.4. The van der Waals surface area contributed by atoms with Crippen molar-refractivity contribution < 1.29 is 24.5 Å². The first-order valence-electron chi connectivity index (χ1n) is 12.1. The Balaban J connectivity index is 1.59. The Morgan fingerprint density at radius 3 is 2.60 bits per heavy atom. The molecule has 0 aliphatic heterocycles. The van der Waals surface area contributed by atoms with E-state index < -0.39 is 5.41 Å². The molecule has 5 heteroatoms. The summed E-state index contributed by atoms with van der Waals surface area (Å²) in [6.45, 7) is 6.67. The highest BCUT2D eigenvalue weighted by atomic mass is 16.5. The number of Topliss-reactive ketones (excluding diaryl/α,β-unsaturated/α-hetero) is 1. The Morgan fingerprint density at radius 1 is 1.17 bits per heavy atom. The molecule has 0 radical (unpaired) electrons. The average Bonchev–Trinajstić information content (AvgIpc) is 3.06. The Morgan fingerprint density at radius 2 is 1.90 bits per heavy atom. The van der Waals surface area contributed by atoms with Gasteiger partial charge in [-0.3, -0.25) is 9.59 Å². The lowest BCUT2D eigenvalue weighted by molar-refractivity contribution is -0.181. The van der Waals surface area contributed by atoms with Crippen LogP contribution < -0.4 is 0 Å². The molecule has 0 aromatic carbocycles. The maximum Gasteiger partial charge on any atom is 0.305 e. The Bertz CT molecular complexity index is 691. The maximum absolute atomic E-state index is 13.7. The van der Waals surface area contributed by atoms with E-state index in [0.717, 1.165) is 44.9 Å². The van der Waals surface area contributed by atoms with Crippen molar-refractivity contribution in [1.82, 2.24) is 0 Å². The van der Waals surface area contributed by atoms with Crippen LogP contribution in [0.1, 0.15) is 78.6 Å². The van der Waals surface area contributed by atoms with Crippen LogP contribution in [-0.2, 0) is 14.3 Å². The van der Waals surface area contributed by atoms with Gasteiger partial charge in [0.2, 0.25) is 0 Å². The van der Waals surface area contributed by atoms with Gasteiger partial charge in [-0.2, -0.15) is 0 Å². The zero-order valence-corrected chi connectivity index (χ0v) is 19.1. The smallest absolute Gasteiger partial charge is 0.305 e. The molecule has 4 fully saturated rings. The molecule has 4 aliphatic rings. The molecule has 170 valence electrons. The minimum Gasteiger partial charge on any atom is -0.469 e. The summed E-state index contributed by atoms with van der Waals surface area (Å²) in [7, 11) is 1.42. The number of ketones is 1. The second kappa shape index (κ2) is 7.88. The van der Waals surface area contributed by atoms with Crippen LogP contribution >= 0.6 is 0 Å². The monoisotopic (exact) mass is 420 g/mol. The van der Waals surface area contributed by atoms with Crippen molar-refractivity contribution in [3.05, 3.63) is 0 Å². The van der Waals surface area contributed by atoms with E-state index in [2.05, 4.69) is 20.8 Å². The molecule has 5 nitrogen and oxygen atoms in total. The highest BCUT2D eigenvalue weighted by Crippen LogP contribution is 2.67. The van der Waals surface area contributed by atoms with Crippen LogP contribution in [0, 0.1) is 46.3 Å². The van der Waals surface area contributed by atoms with Crippen LogP contribution in [0.25, 0.3) is 0 Å². The summed E-state index contributed by atoms with van der Waals surface area (Å²) in [6, 6.07) is 0. The molecular formula is C25H40O5. The molecule has 0 heterocycles. The molecule has 0 amide bonds. The molecule has 0 spiro atoms. The first-order chi connectivity index (χ1) is 14.1. The van der Waals surface area contributed by atoms with Gasteiger partial charge in [-0.25, -0.2) is 0 Å². The van der Waals surface area contributed by atoms with Gasteiger partial charge >= 0.3 is 5.97 Å². The van der Waals surface area contributed by atoms with Crippen LogP contribution in [0.15, 0.2) is 0 Å². The minimum absolute atomic E-state index is 0.0503. The normalized spacial score (nSPS) is 49.0. The van der Waals surface area contributed by atoms with Gasteiger partial charge in [0.15, 0.2) is 0 Å². The number of aliphatic hydroxyl groups is 2. The topological polar surface area (TPSA) is 83.8 Å². The van der Waals surface area contributed by atoms with Crippen molar-refractivity contribution in [3.63, 3.8) is 0 Å². The van der Waals surface area contributed by atoms with Gasteiger partial charge in [0, 0.05) is 18.3 Å². The van der Waals surface area contributed by atoms with E-state index >= 15 is 0 Å². The SMILES string of the molecule is COC(=O)CC[C@@H](C)[C@H]1CC[C@H]2[C@@H]3[C@@H](O)C[C@H]4C[C@@H](O)CC[C@]4(C)[C@H]3CC(=O)[C@]12C. The minimum atomic E-state index is -0.394. The standard InChI is InChI=1S/C25H40O5/c1-14(5-8-22(29)30-4)17-6-7-18-23-19(13-21(28)25(17,18)3)24(2)10-9-16(26)11-15(24)12-20(23)27/h14-20,23,26-27H,5-13H2,1-4H3/t14-,15-,16+,17-,18+,19+,20+,23+,24+,25-/m1/s1. The number of hydrogen-bond donors (Lipinski definition) is 2. The molecule has 10 atom stereocenters. The van der Waals surface area contributed by atoms with E-state index in [1.165, 1.54) is 7.11 Å². The van der Waals surface area contributed by atoms with E-state index in [9.17, 15) is 19.8 Å². The number of aliphatic hydroxyl groups excluding tert-OH is 2. The third-order valence-electron chi connectivity index (χ3n) is 10.3. The van der Waals surface area contributed by atoms with E-state index in [1.54, 1.807) is 0 Å². The predicted octanol–water partition coefficient (Wildman–Crippen LogP) is 3.75. The largest absolute Gasteiger partial charge is 0.469 e. The number of fused-ring (bicyclic) bond motifs is 5. The number of ether oxygens (including phenoxy) is 1. The number of carbonyl (C=O) groups excluding carboxylic acids is 2. The number of carbonyl (C=O) groups is 2. The van der Waals surface area contributed by atoms with E-state index in [0.29, 0.717) is 24.5 Å². The summed E-state index contributed by atoms with van der Waals surface area (Å²) in [5.74, 6) is 1.70. The summed E-state index contributed by atoms with van der Waals surface area (Å²) in [5, 5.41) is 21.5. The molecule has 0 bridgehead atoms. The Hall–Kier alpha value is -0.940. The lowest BCUT2D eigenvalue weighted by atomic mass is 9.43. The molecule has 0 unspecified atom stereocenters. The van der Waals surface area contributed by atoms with Crippen molar-refractivity contribution in [2.75, 3.05) is 7.11 Å². The van der Waals surface area contributed by atoms with Gasteiger partial charge in [0.05, 0.1) is 19.3 Å². The lowest BCUT2D eigenvalue weighted by Gasteiger charge is -2.61. The molecular weight excluding hydrogens is 380 g/mol. The van der Waals surface area contributed by atoms with Gasteiger partial charge < -0.3 is 14.9 Å². The van der Waals surface area contributed by atoms with Crippen LogP contribution in [0.2, 0.25) is 0 Å². The van der Waals surface area contributed by atoms with Crippen molar-refractivity contribution in [1.29, 1.82) is 0 Å². The van der Waals surface area contributed by atoms with Gasteiger partial charge in [-0.15, -0.1) is 0 Å². The number of rotatable bonds is 4. The van der Waals surface area contributed by atoms with E-state index in [4.69, 9.17) is 4.74 Å². The molecule has 0 saturated heterocycles. The van der Waals surface area contributed by atoms with Gasteiger partial charge in [0.25, 0.3) is 0 Å². The quantitative estimate of drug-likeness (QED) is 0.677. The molecule has 0 aromatic heterocycles. The molecule has 4 saturated carbocycles. The van der Waals surface area contributed by atoms with Crippen molar-refractivity contribution in [2.24, 2.45) is 46.3 Å². The third-order valence-corrected chi connectivity index (χ3v) is 10.3. The summed E-state index contributed by atoms with van der Waals surface area (Å²) < 4.78 is 4.81. The van der Waals surface area contributed by atoms with Crippen LogP contribution in [0.4, 0.5) is 0 Å². The van der Waals surface area contributed by atoms with Gasteiger partial charge in [0.1, 0.15) is 5.78 Å². The first kappa shape index (κ1) is 22.3.